The van der Waals surface area contributed by atoms with Crippen LogP contribution in [0.2, 0.25) is 0 Å². The van der Waals surface area contributed by atoms with E-state index in [0.29, 0.717) is 25.9 Å². The van der Waals surface area contributed by atoms with Crippen molar-refractivity contribution < 1.29 is 4.79 Å². The third-order valence-corrected chi connectivity index (χ3v) is 2.95. The standard InChI is InChI=1S/C15H20N4O.ClH/c1-12-10-14(17-15(20)8-5-9-16)19(18-12)11-13-6-3-2-4-7-13;/h2-4,6-7,10H,5,8-9,11,16H2,1H3,(H,17,20);1H. The fraction of sp³-hybridized carbons (Fsp3) is 0.333. The van der Waals surface area contributed by atoms with Crippen molar-refractivity contribution >= 4 is 24.1 Å². The summed E-state index contributed by atoms with van der Waals surface area (Å²) in [5.74, 6) is 0.707. The van der Waals surface area contributed by atoms with E-state index in [0.717, 1.165) is 17.1 Å². The summed E-state index contributed by atoms with van der Waals surface area (Å²) in [4.78, 5) is 11.8. The normalized spacial score (nSPS) is 10.0. The molecule has 114 valence electrons. The minimum absolute atomic E-state index is 0. The number of hydrogen-bond acceptors (Lipinski definition) is 3. The zero-order chi connectivity index (χ0) is 14.4. The Morgan fingerprint density at radius 3 is 2.71 bits per heavy atom. The molecule has 0 bridgehead atoms. The molecule has 0 saturated heterocycles. The third-order valence-electron chi connectivity index (χ3n) is 2.95. The van der Waals surface area contributed by atoms with Crippen molar-refractivity contribution in [3.8, 4) is 0 Å². The minimum atomic E-state index is -0.0235. The summed E-state index contributed by atoms with van der Waals surface area (Å²) in [6.07, 6.45) is 1.13. The lowest BCUT2D eigenvalue weighted by atomic mass is 10.2. The van der Waals surface area contributed by atoms with E-state index >= 15 is 0 Å². The molecule has 0 spiro atoms. The molecule has 0 radical (unpaired) electrons. The molecule has 2 aromatic rings. The van der Waals surface area contributed by atoms with Crippen LogP contribution in [0, 0.1) is 6.92 Å². The lowest BCUT2D eigenvalue weighted by Crippen LogP contribution is -2.17. The molecule has 21 heavy (non-hydrogen) atoms. The molecule has 0 atom stereocenters. The summed E-state index contributed by atoms with van der Waals surface area (Å²) < 4.78 is 1.81. The van der Waals surface area contributed by atoms with Crippen LogP contribution in [0.3, 0.4) is 0 Å². The van der Waals surface area contributed by atoms with Gasteiger partial charge in [-0.3, -0.25) is 4.79 Å². The summed E-state index contributed by atoms with van der Waals surface area (Å²) in [6, 6.07) is 11.9. The number of halogens is 1. The van der Waals surface area contributed by atoms with Crippen LogP contribution in [0.25, 0.3) is 0 Å². The highest BCUT2D eigenvalue weighted by Crippen LogP contribution is 2.13. The van der Waals surface area contributed by atoms with E-state index in [1.54, 1.807) is 0 Å². The van der Waals surface area contributed by atoms with Gasteiger partial charge in [0.2, 0.25) is 5.91 Å². The molecule has 1 amide bonds. The molecule has 5 nitrogen and oxygen atoms in total. The summed E-state index contributed by atoms with van der Waals surface area (Å²) in [7, 11) is 0. The molecule has 0 fully saturated rings. The molecule has 0 aliphatic heterocycles. The molecule has 2 rings (SSSR count). The van der Waals surface area contributed by atoms with E-state index in [1.165, 1.54) is 0 Å². The van der Waals surface area contributed by atoms with Crippen LogP contribution in [0.15, 0.2) is 36.4 Å². The highest BCUT2D eigenvalue weighted by atomic mass is 35.5. The minimum Gasteiger partial charge on any atom is -0.330 e. The van der Waals surface area contributed by atoms with Gasteiger partial charge < -0.3 is 11.1 Å². The van der Waals surface area contributed by atoms with Gasteiger partial charge in [-0.1, -0.05) is 30.3 Å². The monoisotopic (exact) mass is 308 g/mol. The highest BCUT2D eigenvalue weighted by molar-refractivity contribution is 5.89. The van der Waals surface area contributed by atoms with Gasteiger partial charge in [-0.2, -0.15) is 5.10 Å². The Labute approximate surface area is 130 Å². The molecule has 1 aromatic carbocycles. The van der Waals surface area contributed by atoms with Crippen LogP contribution < -0.4 is 11.1 Å². The van der Waals surface area contributed by atoms with Crippen LogP contribution in [0.5, 0.6) is 0 Å². The number of amides is 1. The van der Waals surface area contributed by atoms with Crippen molar-refractivity contribution in [3.05, 3.63) is 47.7 Å². The first kappa shape index (κ1) is 17.2. The molecule has 1 aromatic heterocycles. The largest absolute Gasteiger partial charge is 0.330 e. The number of carbonyl (C=O) groups excluding carboxylic acids is 1. The molecule has 3 N–H and O–H groups in total. The van der Waals surface area contributed by atoms with Crippen LogP contribution in [0.4, 0.5) is 5.82 Å². The number of aromatic nitrogens is 2. The maximum absolute atomic E-state index is 11.8. The summed E-state index contributed by atoms with van der Waals surface area (Å²) in [5, 5.41) is 7.31. The average Bonchev–Trinajstić information content (AvgIpc) is 2.77. The number of rotatable bonds is 6. The maximum Gasteiger partial charge on any atom is 0.225 e. The van der Waals surface area contributed by atoms with Crippen molar-refractivity contribution in [2.24, 2.45) is 5.73 Å². The Balaban J connectivity index is 0.00000220. The Kier molecular flexibility index (Phi) is 6.91. The van der Waals surface area contributed by atoms with Gasteiger partial charge in [0.1, 0.15) is 5.82 Å². The second-order valence-electron chi connectivity index (χ2n) is 4.75. The number of benzene rings is 1. The van der Waals surface area contributed by atoms with Crippen molar-refractivity contribution in [2.75, 3.05) is 11.9 Å². The highest BCUT2D eigenvalue weighted by Gasteiger charge is 2.09. The lowest BCUT2D eigenvalue weighted by Gasteiger charge is -2.09. The van der Waals surface area contributed by atoms with Gasteiger partial charge in [0.05, 0.1) is 12.2 Å². The van der Waals surface area contributed by atoms with Gasteiger partial charge in [0, 0.05) is 12.5 Å². The SMILES string of the molecule is Cc1cc(NC(=O)CCCN)n(Cc2ccccc2)n1.Cl. The molecular weight excluding hydrogens is 288 g/mol. The van der Waals surface area contributed by atoms with Gasteiger partial charge in [0.15, 0.2) is 0 Å². The first-order valence-corrected chi connectivity index (χ1v) is 6.77. The predicted molar refractivity (Wildman–Crippen MR) is 86.7 cm³/mol. The second-order valence-corrected chi connectivity index (χ2v) is 4.75. The Morgan fingerprint density at radius 1 is 1.33 bits per heavy atom. The van der Waals surface area contributed by atoms with Gasteiger partial charge in [-0.25, -0.2) is 4.68 Å². The Bertz CT molecular complexity index is 568. The molecule has 0 saturated carbocycles. The van der Waals surface area contributed by atoms with E-state index in [1.807, 2.05) is 48.0 Å². The van der Waals surface area contributed by atoms with E-state index in [4.69, 9.17) is 5.73 Å². The fourth-order valence-electron chi connectivity index (χ4n) is 1.99. The van der Waals surface area contributed by atoms with Gasteiger partial charge >= 0.3 is 0 Å². The first-order valence-electron chi connectivity index (χ1n) is 6.77. The first-order chi connectivity index (χ1) is 9.69. The van der Waals surface area contributed by atoms with Crippen molar-refractivity contribution in [1.29, 1.82) is 0 Å². The third kappa shape index (κ3) is 5.21. The number of carbonyl (C=O) groups is 1. The number of nitrogens with one attached hydrogen (secondary N) is 1. The van der Waals surface area contributed by atoms with Gasteiger partial charge in [-0.15, -0.1) is 12.4 Å². The average molecular weight is 309 g/mol. The van der Waals surface area contributed by atoms with Crippen molar-refractivity contribution in [3.63, 3.8) is 0 Å². The predicted octanol–water partition coefficient (Wildman–Crippen LogP) is 2.34. The number of nitrogens with two attached hydrogens (primary N) is 1. The van der Waals surface area contributed by atoms with E-state index in [-0.39, 0.29) is 18.3 Å². The zero-order valence-electron chi connectivity index (χ0n) is 12.1. The lowest BCUT2D eigenvalue weighted by molar-refractivity contribution is -0.116. The summed E-state index contributed by atoms with van der Waals surface area (Å²) in [5.41, 5.74) is 7.44. The van der Waals surface area contributed by atoms with Crippen LogP contribution in [0.1, 0.15) is 24.1 Å². The Morgan fingerprint density at radius 2 is 2.05 bits per heavy atom. The zero-order valence-corrected chi connectivity index (χ0v) is 12.9. The molecular formula is C15H21ClN4O. The van der Waals surface area contributed by atoms with Gasteiger partial charge in [-0.05, 0) is 25.5 Å². The fourth-order valence-corrected chi connectivity index (χ4v) is 1.99. The van der Waals surface area contributed by atoms with Crippen molar-refractivity contribution in [2.45, 2.75) is 26.3 Å². The number of nitrogens with zero attached hydrogens (tertiary/aromatic N) is 2. The topological polar surface area (TPSA) is 72.9 Å². The van der Waals surface area contributed by atoms with Crippen molar-refractivity contribution in [1.82, 2.24) is 9.78 Å². The number of hydrogen-bond donors (Lipinski definition) is 2. The smallest absolute Gasteiger partial charge is 0.225 e. The summed E-state index contributed by atoms with van der Waals surface area (Å²) >= 11 is 0. The Hall–Kier alpha value is -1.85. The maximum atomic E-state index is 11.8. The van der Waals surface area contributed by atoms with E-state index in [9.17, 15) is 4.79 Å². The molecule has 1 heterocycles. The molecule has 0 aliphatic rings. The van der Waals surface area contributed by atoms with E-state index in [2.05, 4.69) is 10.4 Å². The molecule has 0 unspecified atom stereocenters. The van der Waals surface area contributed by atoms with Crippen LogP contribution >= 0.6 is 12.4 Å². The number of aryl methyl sites for hydroxylation is 1. The van der Waals surface area contributed by atoms with E-state index < -0.39 is 0 Å². The quantitative estimate of drug-likeness (QED) is 0.860. The second kappa shape index (κ2) is 8.44. The number of anilines is 1. The van der Waals surface area contributed by atoms with Crippen LogP contribution in [-0.4, -0.2) is 22.2 Å². The molecule has 6 heteroatoms. The summed E-state index contributed by atoms with van der Waals surface area (Å²) in [6.45, 7) is 3.08. The van der Waals surface area contributed by atoms with Gasteiger partial charge in [0.25, 0.3) is 0 Å². The van der Waals surface area contributed by atoms with Crippen LogP contribution in [-0.2, 0) is 11.3 Å². The molecule has 0 aliphatic carbocycles.